The van der Waals surface area contributed by atoms with Gasteiger partial charge in [-0.25, -0.2) is 0 Å². The predicted molar refractivity (Wildman–Crippen MR) is 160 cm³/mol. The molecule has 38 heavy (non-hydrogen) atoms. The minimum absolute atomic E-state index is 1.17. The second kappa shape index (κ2) is 8.22. The highest BCUT2D eigenvalue weighted by molar-refractivity contribution is 6.39. The third kappa shape index (κ3) is 3.07. The molecular formula is C36H22N2. The molecule has 0 saturated heterocycles. The maximum atomic E-state index is 4.23. The van der Waals surface area contributed by atoms with E-state index in [-0.39, 0.29) is 0 Å². The van der Waals surface area contributed by atoms with Gasteiger partial charge < -0.3 is 0 Å². The van der Waals surface area contributed by atoms with Crippen molar-refractivity contribution in [2.24, 2.45) is 0 Å². The molecule has 6 aromatic carbocycles. The summed E-state index contributed by atoms with van der Waals surface area (Å²) in [5.74, 6) is 0. The molecule has 2 heterocycles. The second-order valence-electron chi connectivity index (χ2n) is 9.83. The van der Waals surface area contributed by atoms with Crippen molar-refractivity contribution in [3.63, 3.8) is 0 Å². The molecule has 8 aromatic rings. The summed E-state index contributed by atoms with van der Waals surface area (Å²) >= 11 is 0. The number of hydrogen-bond donors (Lipinski definition) is 0. The van der Waals surface area contributed by atoms with Crippen molar-refractivity contribution in [3.05, 3.63) is 134 Å². The van der Waals surface area contributed by atoms with E-state index < -0.39 is 0 Å². The van der Waals surface area contributed by atoms with Gasteiger partial charge >= 0.3 is 0 Å². The number of nitrogens with zero attached hydrogens (tertiary/aromatic N) is 2. The fourth-order valence-electron chi connectivity index (χ4n) is 6.12. The zero-order valence-corrected chi connectivity index (χ0v) is 20.6. The van der Waals surface area contributed by atoms with Crippen LogP contribution >= 0.6 is 0 Å². The summed E-state index contributed by atoms with van der Waals surface area (Å²) in [4.78, 5) is 8.46. The molecule has 0 bridgehead atoms. The van der Waals surface area contributed by atoms with Gasteiger partial charge in [0.1, 0.15) is 0 Å². The molecule has 0 aliphatic rings. The molecule has 2 nitrogen and oxygen atoms in total. The molecule has 0 aliphatic heterocycles. The van der Waals surface area contributed by atoms with Crippen molar-refractivity contribution in [1.29, 1.82) is 0 Å². The Morgan fingerprint density at radius 2 is 0.658 bits per heavy atom. The fourth-order valence-corrected chi connectivity index (χ4v) is 6.12. The number of fused-ring (bicyclic) bond motifs is 11. The van der Waals surface area contributed by atoms with Gasteiger partial charge in [0.05, 0.1) is 0 Å². The summed E-state index contributed by atoms with van der Waals surface area (Å²) < 4.78 is 0. The molecule has 0 amide bonds. The van der Waals surface area contributed by atoms with Crippen LogP contribution in [0.1, 0.15) is 0 Å². The molecule has 8 rings (SSSR count). The van der Waals surface area contributed by atoms with Crippen LogP contribution in [0.25, 0.3) is 76.1 Å². The number of aromatic nitrogens is 2. The van der Waals surface area contributed by atoms with Crippen LogP contribution in [0.3, 0.4) is 0 Å². The summed E-state index contributed by atoms with van der Waals surface area (Å²) in [6.07, 6.45) is 7.45. The van der Waals surface area contributed by atoms with E-state index in [1.54, 1.807) is 0 Å². The summed E-state index contributed by atoms with van der Waals surface area (Å²) in [5.41, 5.74) is 4.75. The molecule has 176 valence electrons. The van der Waals surface area contributed by atoms with Crippen LogP contribution in [0.15, 0.2) is 134 Å². The third-order valence-electron chi connectivity index (χ3n) is 7.83. The Morgan fingerprint density at radius 1 is 0.289 bits per heavy atom. The van der Waals surface area contributed by atoms with E-state index in [4.69, 9.17) is 0 Å². The Hall–Kier alpha value is -5.08. The van der Waals surface area contributed by atoms with Crippen LogP contribution < -0.4 is 0 Å². The van der Waals surface area contributed by atoms with Gasteiger partial charge in [0.15, 0.2) is 0 Å². The number of rotatable bonds is 2. The second-order valence-corrected chi connectivity index (χ2v) is 9.83. The predicted octanol–water partition coefficient (Wildman–Crippen LogP) is 9.58. The zero-order chi connectivity index (χ0) is 25.1. The van der Waals surface area contributed by atoms with Gasteiger partial charge in [-0.15, -0.1) is 0 Å². The number of pyridine rings is 2. The zero-order valence-electron chi connectivity index (χ0n) is 20.6. The van der Waals surface area contributed by atoms with E-state index in [9.17, 15) is 0 Å². The molecule has 2 heteroatoms. The van der Waals surface area contributed by atoms with Crippen LogP contribution in [-0.2, 0) is 0 Å². The Bertz CT molecular complexity index is 2010. The molecule has 0 aliphatic carbocycles. The lowest BCUT2D eigenvalue weighted by Gasteiger charge is -2.18. The van der Waals surface area contributed by atoms with Crippen LogP contribution in [0.2, 0.25) is 0 Å². The standard InChI is InChI=1S/C36H22N2/c1-3-7-31-27(5-1)28-6-2-4-8-32(28)36-34-22-26(24-15-19-38-20-16-24)10-12-30(34)29-11-9-25(21-33(29)35(31)36)23-13-17-37-18-14-23/h1-22H. The van der Waals surface area contributed by atoms with Gasteiger partial charge in [0.2, 0.25) is 0 Å². The van der Waals surface area contributed by atoms with Crippen molar-refractivity contribution in [1.82, 2.24) is 9.97 Å². The van der Waals surface area contributed by atoms with Gasteiger partial charge in [-0.2, -0.15) is 0 Å². The quantitative estimate of drug-likeness (QED) is 0.229. The van der Waals surface area contributed by atoms with Gasteiger partial charge in [-0.3, -0.25) is 9.97 Å². The summed E-state index contributed by atoms with van der Waals surface area (Å²) in [5, 5.41) is 12.9. The van der Waals surface area contributed by atoms with E-state index >= 15 is 0 Å². The van der Waals surface area contributed by atoms with Crippen LogP contribution in [0.4, 0.5) is 0 Å². The lowest BCUT2D eigenvalue weighted by molar-refractivity contribution is 1.33. The summed E-state index contributed by atoms with van der Waals surface area (Å²) in [6.45, 7) is 0. The van der Waals surface area contributed by atoms with Crippen LogP contribution in [0.5, 0.6) is 0 Å². The largest absolute Gasteiger partial charge is 0.265 e. The van der Waals surface area contributed by atoms with E-state index in [2.05, 4.69) is 119 Å². The average molecular weight is 483 g/mol. The molecule has 0 atom stereocenters. The Balaban J connectivity index is 1.64. The van der Waals surface area contributed by atoms with Crippen molar-refractivity contribution in [2.75, 3.05) is 0 Å². The minimum Gasteiger partial charge on any atom is -0.265 e. The molecular weight excluding hydrogens is 460 g/mol. The molecule has 0 fully saturated rings. The van der Waals surface area contributed by atoms with Gasteiger partial charge in [-0.05, 0) is 113 Å². The van der Waals surface area contributed by atoms with Gasteiger partial charge in [0, 0.05) is 24.8 Å². The lowest BCUT2D eigenvalue weighted by Crippen LogP contribution is -1.90. The van der Waals surface area contributed by atoms with E-state index in [1.165, 1.54) is 76.1 Å². The fraction of sp³-hybridized carbons (Fsp3) is 0. The molecule has 0 unspecified atom stereocenters. The Kier molecular flexibility index (Phi) is 4.55. The molecule has 0 radical (unpaired) electrons. The monoisotopic (exact) mass is 482 g/mol. The lowest BCUT2D eigenvalue weighted by atomic mass is 9.85. The maximum Gasteiger partial charge on any atom is 0.0273 e. The van der Waals surface area contributed by atoms with Crippen molar-refractivity contribution >= 4 is 53.9 Å². The molecule has 2 aromatic heterocycles. The normalized spacial score (nSPS) is 11.7. The number of benzene rings is 6. The maximum absolute atomic E-state index is 4.23. The molecule has 0 spiro atoms. The molecule has 0 N–H and O–H groups in total. The van der Waals surface area contributed by atoms with Crippen molar-refractivity contribution in [2.45, 2.75) is 0 Å². The smallest absolute Gasteiger partial charge is 0.0273 e. The van der Waals surface area contributed by atoms with Crippen LogP contribution in [-0.4, -0.2) is 9.97 Å². The molecule has 0 saturated carbocycles. The highest BCUT2D eigenvalue weighted by atomic mass is 14.6. The first-order valence-corrected chi connectivity index (χ1v) is 12.9. The van der Waals surface area contributed by atoms with Crippen molar-refractivity contribution < 1.29 is 0 Å². The SMILES string of the molecule is c1ccc2c(c1)c1ccccc1c1c3cc(-c4ccncc4)ccc3c3ccc(-c4ccncc4)cc3c21. The first-order chi connectivity index (χ1) is 18.9. The van der Waals surface area contributed by atoms with Crippen LogP contribution in [0, 0.1) is 0 Å². The topological polar surface area (TPSA) is 25.8 Å². The highest BCUT2D eigenvalue weighted by Crippen LogP contribution is 2.45. The first-order valence-electron chi connectivity index (χ1n) is 12.9. The third-order valence-corrected chi connectivity index (χ3v) is 7.83. The summed E-state index contributed by atoms with van der Waals surface area (Å²) in [6, 6.07) is 39.8. The summed E-state index contributed by atoms with van der Waals surface area (Å²) in [7, 11) is 0. The minimum atomic E-state index is 1.17. The Morgan fingerprint density at radius 3 is 1.08 bits per heavy atom. The Labute approximate surface area is 219 Å². The van der Waals surface area contributed by atoms with E-state index in [1.807, 2.05) is 24.8 Å². The number of hydrogen-bond acceptors (Lipinski definition) is 2. The van der Waals surface area contributed by atoms with Gasteiger partial charge in [0.25, 0.3) is 0 Å². The van der Waals surface area contributed by atoms with Gasteiger partial charge in [-0.1, -0.05) is 72.8 Å². The van der Waals surface area contributed by atoms with E-state index in [0.717, 1.165) is 0 Å². The van der Waals surface area contributed by atoms with E-state index in [0.29, 0.717) is 0 Å². The first kappa shape index (κ1) is 21.0. The highest BCUT2D eigenvalue weighted by Gasteiger charge is 2.17. The average Bonchev–Trinajstić information content (AvgIpc) is 3.01. The van der Waals surface area contributed by atoms with Crippen molar-refractivity contribution in [3.8, 4) is 22.3 Å².